The van der Waals surface area contributed by atoms with E-state index in [9.17, 15) is 12.8 Å². The van der Waals surface area contributed by atoms with Crippen molar-refractivity contribution in [1.29, 1.82) is 5.26 Å². The molecule has 0 saturated heterocycles. The number of nitrogens with one attached hydrogen (secondary N) is 1. The Bertz CT molecular complexity index is 827. The van der Waals surface area contributed by atoms with Gasteiger partial charge in [0.05, 0.1) is 5.69 Å². The molecule has 2 rings (SSSR count). The van der Waals surface area contributed by atoms with E-state index in [0.717, 1.165) is 12.1 Å². The number of rotatable bonds is 3. The standard InChI is InChI=1S/C13H9ClFN3O2S/c1-8-5-6-17-13(14)12(8)18-21(19,20)11-4-2-3-10(15)9(11)7-16/h2-6,18H,1H3. The van der Waals surface area contributed by atoms with E-state index in [1.54, 1.807) is 19.1 Å². The fraction of sp³-hybridized carbons (Fsp3) is 0.0769. The number of nitrogens with zero attached hydrogens (tertiary/aromatic N) is 2. The fourth-order valence-corrected chi connectivity index (χ4v) is 3.29. The van der Waals surface area contributed by atoms with Crippen LogP contribution in [0.5, 0.6) is 0 Å². The molecule has 1 heterocycles. The third-order valence-electron chi connectivity index (χ3n) is 2.73. The number of hydrogen-bond donors (Lipinski definition) is 1. The van der Waals surface area contributed by atoms with Gasteiger partial charge in [0.1, 0.15) is 22.3 Å². The number of anilines is 1. The van der Waals surface area contributed by atoms with Gasteiger partial charge in [-0.3, -0.25) is 4.72 Å². The predicted molar refractivity (Wildman–Crippen MR) is 75.9 cm³/mol. The number of hydrogen-bond acceptors (Lipinski definition) is 4. The van der Waals surface area contributed by atoms with Crippen LogP contribution in [0.2, 0.25) is 5.15 Å². The van der Waals surface area contributed by atoms with Crippen LogP contribution in [0.1, 0.15) is 11.1 Å². The highest BCUT2D eigenvalue weighted by Gasteiger charge is 2.23. The van der Waals surface area contributed by atoms with Crippen LogP contribution in [0, 0.1) is 24.1 Å². The van der Waals surface area contributed by atoms with Crippen LogP contribution in [0.3, 0.4) is 0 Å². The molecule has 0 amide bonds. The zero-order chi connectivity index (χ0) is 15.6. The lowest BCUT2D eigenvalue weighted by atomic mass is 10.2. The Morgan fingerprint density at radius 1 is 1.38 bits per heavy atom. The average Bonchev–Trinajstić information content (AvgIpc) is 2.43. The van der Waals surface area contributed by atoms with Crippen molar-refractivity contribution in [3.8, 4) is 6.07 Å². The van der Waals surface area contributed by atoms with Gasteiger partial charge in [-0.1, -0.05) is 17.7 Å². The molecule has 5 nitrogen and oxygen atoms in total. The van der Waals surface area contributed by atoms with E-state index in [1.807, 2.05) is 0 Å². The van der Waals surface area contributed by atoms with Crippen molar-refractivity contribution in [3.63, 3.8) is 0 Å². The molecule has 0 aliphatic rings. The molecular weight excluding hydrogens is 317 g/mol. The van der Waals surface area contributed by atoms with Crippen molar-refractivity contribution in [2.75, 3.05) is 4.72 Å². The molecule has 1 aromatic carbocycles. The minimum atomic E-state index is -4.16. The van der Waals surface area contributed by atoms with Crippen LogP contribution < -0.4 is 4.72 Å². The van der Waals surface area contributed by atoms with Crippen molar-refractivity contribution >= 4 is 27.3 Å². The van der Waals surface area contributed by atoms with Crippen LogP contribution in [-0.4, -0.2) is 13.4 Å². The molecule has 0 spiro atoms. The third-order valence-corrected chi connectivity index (χ3v) is 4.40. The smallest absolute Gasteiger partial charge is 0.263 e. The highest BCUT2D eigenvalue weighted by molar-refractivity contribution is 7.92. The first-order valence-electron chi connectivity index (χ1n) is 5.69. The van der Waals surface area contributed by atoms with Gasteiger partial charge < -0.3 is 0 Å². The molecule has 0 saturated carbocycles. The quantitative estimate of drug-likeness (QED) is 0.880. The van der Waals surface area contributed by atoms with Gasteiger partial charge in [0, 0.05) is 6.20 Å². The maximum Gasteiger partial charge on any atom is 0.263 e. The average molecular weight is 326 g/mol. The number of aryl methyl sites for hydroxylation is 1. The Morgan fingerprint density at radius 3 is 2.71 bits per heavy atom. The van der Waals surface area contributed by atoms with E-state index in [1.165, 1.54) is 12.3 Å². The maximum absolute atomic E-state index is 13.5. The molecule has 108 valence electrons. The predicted octanol–water partition coefficient (Wildman–Crippen LogP) is 2.86. The molecule has 21 heavy (non-hydrogen) atoms. The van der Waals surface area contributed by atoms with E-state index in [0.29, 0.717) is 5.56 Å². The first-order valence-corrected chi connectivity index (χ1v) is 7.55. The lowest BCUT2D eigenvalue weighted by Gasteiger charge is -2.12. The monoisotopic (exact) mass is 325 g/mol. The molecule has 0 atom stereocenters. The molecule has 0 aliphatic heterocycles. The Kier molecular flexibility index (Phi) is 4.11. The lowest BCUT2D eigenvalue weighted by Crippen LogP contribution is -2.16. The van der Waals surface area contributed by atoms with E-state index in [4.69, 9.17) is 16.9 Å². The fourth-order valence-electron chi connectivity index (χ4n) is 1.67. The number of halogens is 2. The van der Waals surface area contributed by atoms with Gasteiger partial charge in [-0.15, -0.1) is 0 Å². The van der Waals surface area contributed by atoms with Crippen LogP contribution in [0.4, 0.5) is 10.1 Å². The molecular formula is C13H9ClFN3O2S. The van der Waals surface area contributed by atoms with Crippen LogP contribution >= 0.6 is 11.6 Å². The second-order valence-corrected chi connectivity index (χ2v) is 6.13. The van der Waals surface area contributed by atoms with Gasteiger partial charge in [0.15, 0.2) is 5.15 Å². The summed E-state index contributed by atoms with van der Waals surface area (Å²) in [6.07, 6.45) is 1.43. The summed E-state index contributed by atoms with van der Waals surface area (Å²) in [5.41, 5.74) is 0.0865. The molecule has 0 radical (unpaired) electrons. The first-order chi connectivity index (χ1) is 9.86. The second-order valence-electron chi connectivity index (χ2n) is 4.12. The van der Waals surface area contributed by atoms with Crippen LogP contribution in [0.15, 0.2) is 35.4 Å². The minimum Gasteiger partial charge on any atom is -0.276 e. The number of pyridine rings is 1. The van der Waals surface area contributed by atoms with E-state index < -0.39 is 26.3 Å². The van der Waals surface area contributed by atoms with Gasteiger partial charge in [-0.05, 0) is 30.7 Å². The first kappa shape index (κ1) is 15.2. The molecule has 0 bridgehead atoms. The SMILES string of the molecule is Cc1ccnc(Cl)c1NS(=O)(=O)c1cccc(F)c1C#N. The number of nitriles is 1. The van der Waals surface area contributed by atoms with Gasteiger partial charge in [-0.25, -0.2) is 17.8 Å². The highest BCUT2D eigenvalue weighted by Crippen LogP contribution is 2.27. The summed E-state index contributed by atoms with van der Waals surface area (Å²) >= 11 is 5.85. The summed E-state index contributed by atoms with van der Waals surface area (Å²) < 4.78 is 40.4. The number of benzene rings is 1. The van der Waals surface area contributed by atoms with Gasteiger partial charge in [0.2, 0.25) is 0 Å². The van der Waals surface area contributed by atoms with Crippen molar-refractivity contribution in [2.45, 2.75) is 11.8 Å². The number of sulfonamides is 1. The Balaban J connectivity index is 2.55. The molecule has 8 heteroatoms. The second kappa shape index (κ2) is 5.68. The molecule has 2 aromatic rings. The summed E-state index contributed by atoms with van der Waals surface area (Å²) in [5, 5.41) is 8.88. The summed E-state index contributed by atoms with van der Waals surface area (Å²) in [7, 11) is -4.16. The molecule has 0 unspecified atom stereocenters. The molecule has 1 aromatic heterocycles. The van der Waals surface area contributed by atoms with E-state index >= 15 is 0 Å². The van der Waals surface area contributed by atoms with E-state index in [-0.39, 0.29) is 10.8 Å². The summed E-state index contributed by atoms with van der Waals surface area (Å²) in [5.74, 6) is -0.908. The minimum absolute atomic E-state index is 0.0338. The Morgan fingerprint density at radius 2 is 2.10 bits per heavy atom. The van der Waals surface area contributed by atoms with Crippen molar-refractivity contribution in [1.82, 2.24) is 4.98 Å². The number of aromatic nitrogens is 1. The van der Waals surface area contributed by atoms with Gasteiger partial charge in [-0.2, -0.15) is 5.26 Å². The summed E-state index contributed by atoms with van der Waals surface area (Å²) in [4.78, 5) is 3.32. The van der Waals surface area contributed by atoms with Crippen molar-refractivity contribution < 1.29 is 12.8 Å². The zero-order valence-electron chi connectivity index (χ0n) is 10.8. The van der Waals surface area contributed by atoms with Gasteiger partial charge >= 0.3 is 0 Å². The topological polar surface area (TPSA) is 82.8 Å². The Hall–Kier alpha value is -2.17. The summed E-state index contributed by atoms with van der Waals surface area (Å²) in [6.45, 7) is 1.64. The highest BCUT2D eigenvalue weighted by atomic mass is 35.5. The molecule has 0 fully saturated rings. The van der Waals surface area contributed by atoms with Crippen LogP contribution in [-0.2, 0) is 10.0 Å². The van der Waals surface area contributed by atoms with Crippen molar-refractivity contribution in [2.24, 2.45) is 0 Å². The van der Waals surface area contributed by atoms with E-state index in [2.05, 4.69) is 9.71 Å². The molecule has 1 N–H and O–H groups in total. The largest absolute Gasteiger partial charge is 0.276 e. The summed E-state index contributed by atoms with van der Waals surface area (Å²) in [6, 6.07) is 6.48. The molecule has 0 aliphatic carbocycles. The van der Waals surface area contributed by atoms with Crippen molar-refractivity contribution in [3.05, 3.63) is 52.6 Å². The lowest BCUT2D eigenvalue weighted by molar-refractivity contribution is 0.593. The Labute approximate surface area is 126 Å². The van der Waals surface area contributed by atoms with Gasteiger partial charge in [0.25, 0.3) is 10.0 Å². The van der Waals surface area contributed by atoms with Crippen LogP contribution in [0.25, 0.3) is 0 Å². The maximum atomic E-state index is 13.5. The zero-order valence-corrected chi connectivity index (χ0v) is 12.3. The normalized spacial score (nSPS) is 11.0. The third kappa shape index (κ3) is 2.96.